The number of aliphatic hydroxyl groups is 1. The molecule has 118 valence electrons. The van der Waals surface area contributed by atoms with Crippen molar-refractivity contribution in [2.75, 3.05) is 13.1 Å². The first kappa shape index (κ1) is 16.4. The van der Waals surface area contributed by atoms with Crippen molar-refractivity contribution in [2.24, 2.45) is 0 Å². The van der Waals surface area contributed by atoms with Crippen LogP contribution in [0.5, 0.6) is 0 Å². The third kappa shape index (κ3) is 3.27. The lowest BCUT2D eigenvalue weighted by Crippen LogP contribution is -2.55. The van der Waals surface area contributed by atoms with E-state index in [-0.39, 0.29) is 5.54 Å². The summed E-state index contributed by atoms with van der Waals surface area (Å²) >= 11 is 0. The Labute approximate surface area is 125 Å². The van der Waals surface area contributed by atoms with Crippen LogP contribution in [0.1, 0.15) is 45.1 Å². The molecule has 1 atom stereocenters. The summed E-state index contributed by atoms with van der Waals surface area (Å²) in [6, 6.07) is 3.89. The summed E-state index contributed by atoms with van der Waals surface area (Å²) in [5, 5.41) is 10.8. The number of benzene rings is 1. The highest BCUT2D eigenvalue weighted by atomic mass is 19.2. The van der Waals surface area contributed by atoms with Crippen molar-refractivity contribution in [1.82, 2.24) is 4.90 Å². The smallest absolute Gasteiger partial charge is 0.159 e. The van der Waals surface area contributed by atoms with Gasteiger partial charge in [0.15, 0.2) is 11.6 Å². The maximum absolute atomic E-state index is 13.3. The van der Waals surface area contributed by atoms with Crippen molar-refractivity contribution >= 4 is 0 Å². The van der Waals surface area contributed by atoms with Gasteiger partial charge in [-0.2, -0.15) is 0 Å². The molecule has 1 aromatic carbocycles. The normalized spacial score (nSPS) is 19.1. The second kappa shape index (κ2) is 6.84. The van der Waals surface area contributed by atoms with Gasteiger partial charge in [-0.05, 0) is 43.6 Å². The standard InChI is InChI=1S/C17H25F2NO/c1-3-20(4-2)17(9-5-6-10-17)16(21)12-13-7-8-14(18)15(19)11-13/h7-8,11,16,21H,3-6,9-10,12H2,1-2H3. The van der Waals surface area contributed by atoms with E-state index in [0.29, 0.717) is 12.0 Å². The second-order valence-corrected chi connectivity index (χ2v) is 5.95. The molecule has 0 amide bonds. The van der Waals surface area contributed by atoms with E-state index in [9.17, 15) is 13.9 Å². The minimum Gasteiger partial charge on any atom is -0.391 e. The van der Waals surface area contributed by atoms with Crippen LogP contribution in [0.15, 0.2) is 18.2 Å². The summed E-state index contributed by atoms with van der Waals surface area (Å²) in [6.45, 7) is 6.00. The molecular formula is C17H25F2NO. The van der Waals surface area contributed by atoms with Crippen LogP contribution in [0, 0.1) is 11.6 Å². The number of halogens is 2. The van der Waals surface area contributed by atoms with E-state index in [4.69, 9.17) is 0 Å². The van der Waals surface area contributed by atoms with Crippen molar-refractivity contribution < 1.29 is 13.9 Å². The minimum absolute atomic E-state index is 0.214. The molecule has 1 aliphatic carbocycles. The summed E-state index contributed by atoms with van der Waals surface area (Å²) in [5.41, 5.74) is 0.439. The van der Waals surface area contributed by atoms with E-state index in [1.54, 1.807) is 6.07 Å². The molecule has 1 unspecified atom stereocenters. The molecule has 2 nitrogen and oxygen atoms in total. The average molecular weight is 297 g/mol. The zero-order valence-corrected chi connectivity index (χ0v) is 12.9. The third-order valence-corrected chi connectivity index (χ3v) is 4.90. The predicted molar refractivity (Wildman–Crippen MR) is 80.2 cm³/mol. The van der Waals surface area contributed by atoms with Gasteiger partial charge in [0.05, 0.1) is 6.10 Å². The number of likely N-dealkylation sites (N-methyl/N-ethyl adjacent to an activating group) is 1. The molecule has 4 heteroatoms. The van der Waals surface area contributed by atoms with E-state index >= 15 is 0 Å². The molecule has 0 bridgehead atoms. The Morgan fingerprint density at radius 3 is 2.29 bits per heavy atom. The molecule has 0 aliphatic heterocycles. The van der Waals surface area contributed by atoms with Crippen molar-refractivity contribution in [3.8, 4) is 0 Å². The van der Waals surface area contributed by atoms with Crippen molar-refractivity contribution in [3.05, 3.63) is 35.4 Å². The van der Waals surface area contributed by atoms with Gasteiger partial charge < -0.3 is 5.11 Å². The fraction of sp³-hybridized carbons (Fsp3) is 0.647. The van der Waals surface area contributed by atoms with Crippen molar-refractivity contribution in [2.45, 2.75) is 57.6 Å². The Hall–Kier alpha value is -1.00. The number of nitrogens with zero attached hydrogens (tertiary/aromatic N) is 1. The first-order valence-electron chi connectivity index (χ1n) is 7.90. The molecule has 1 N–H and O–H groups in total. The number of rotatable bonds is 6. The Morgan fingerprint density at radius 1 is 1.14 bits per heavy atom. The van der Waals surface area contributed by atoms with Gasteiger partial charge in [0.1, 0.15) is 0 Å². The highest BCUT2D eigenvalue weighted by Gasteiger charge is 2.44. The Bertz CT molecular complexity index is 468. The van der Waals surface area contributed by atoms with E-state index in [1.807, 2.05) is 0 Å². The lowest BCUT2D eigenvalue weighted by molar-refractivity contribution is -0.0244. The summed E-state index contributed by atoms with van der Waals surface area (Å²) in [6.07, 6.45) is 3.99. The highest BCUT2D eigenvalue weighted by Crippen LogP contribution is 2.39. The zero-order valence-electron chi connectivity index (χ0n) is 12.9. The molecule has 1 aromatic rings. The SMILES string of the molecule is CCN(CC)C1(C(O)Cc2ccc(F)c(F)c2)CCCC1. The molecule has 0 saturated heterocycles. The van der Waals surface area contributed by atoms with Crippen LogP contribution in [-0.4, -0.2) is 34.7 Å². The largest absolute Gasteiger partial charge is 0.391 e. The molecular weight excluding hydrogens is 272 g/mol. The summed E-state index contributed by atoms with van der Waals surface area (Å²) in [5.74, 6) is -1.68. The average Bonchev–Trinajstić information content (AvgIpc) is 2.95. The zero-order chi connectivity index (χ0) is 15.5. The van der Waals surface area contributed by atoms with Gasteiger partial charge in [-0.3, -0.25) is 4.90 Å². The predicted octanol–water partition coefficient (Wildman–Crippen LogP) is 3.52. The van der Waals surface area contributed by atoms with Crippen LogP contribution in [0.3, 0.4) is 0 Å². The van der Waals surface area contributed by atoms with Crippen LogP contribution >= 0.6 is 0 Å². The molecule has 1 saturated carbocycles. The van der Waals surface area contributed by atoms with Crippen LogP contribution in [0.4, 0.5) is 8.78 Å². The van der Waals surface area contributed by atoms with Crippen molar-refractivity contribution in [1.29, 1.82) is 0 Å². The molecule has 2 rings (SSSR count). The maximum atomic E-state index is 13.3. The van der Waals surface area contributed by atoms with E-state index < -0.39 is 17.7 Å². The molecule has 1 aliphatic rings. The highest BCUT2D eigenvalue weighted by molar-refractivity contribution is 5.20. The van der Waals surface area contributed by atoms with Gasteiger partial charge in [-0.15, -0.1) is 0 Å². The fourth-order valence-corrected chi connectivity index (χ4v) is 3.78. The van der Waals surface area contributed by atoms with E-state index in [0.717, 1.165) is 44.8 Å². The summed E-state index contributed by atoms with van der Waals surface area (Å²) in [4.78, 5) is 2.32. The summed E-state index contributed by atoms with van der Waals surface area (Å²) < 4.78 is 26.3. The molecule has 0 radical (unpaired) electrons. The number of hydrogen-bond acceptors (Lipinski definition) is 2. The lowest BCUT2D eigenvalue weighted by atomic mass is 9.84. The van der Waals surface area contributed by atoms with Crippen LogP contribution in [0.25, 0.3) is 0 Å². The number of hydrogen-bond donors (Lipinski definition) is 1. The quantitative estimate of drug-likeness (QED) is 0.868. The molecule has 0 spiro atoms. The fourth-order valence-electron chi connectivity index (χ4n) is 3.78. The topological polar surface area (TPSA) is 23.5 Å². The van der Waals surface area contributed by atoms with Gasteiger partial charge in [0.25, 0.3) is 0 Å². The number of aliphatic hydroxyl groups excluding tert-OH is 1. The second-order valence-electron chi connectivity index (χ2n) is 5.95. The monoisotopic (exact) mass is 297 g/mol. The van der Waals surface area contributed by atoms with Crippen molar-refractivity contribution in [3.63, 3.8) is 0 Å². The van der Waals surface area contributed by atoms with Gasteiger partial charge >= 0.3 is 0 Å². The van der Waals surface area contributed by atoms with Gasteiger partial charge in [-0.1, -0.05) is 32.8 Å². The van der Waals surface area contributed by atoms with Crippen LogP contribution in [-0.2, 0) is 6.42 Å². The molecule has 0 heterocycles. The minimum atomic E-state index is -0.844. The van der Waals surface area contributed by atoms with Gasteiger partial charge in [-0.25, -0.2) is 8.78 Å². The Balaban J connectivity index is 2.18. The first-order chi connectivity index (χ1) is 10.0. The van der Waals surface area contributed by atoms with Gasteiger partial charge in [0.2, 0.25) is 0 Å². The van der Waals surface area contributed by atoms with Crippen LogP contribution < -0.4 is 0 Å². The Morgan fingerprint density at radius 2 is 1.76 bits per heavy atom. The lowest BCUT2D eigenvalue weighted by Gasteiger charge is -2.44. The van der Waals surface area contributed by atoms with Crippen LogP contribution in [0.2, 0.25) is 0 Å². The maximum Gasteiger partial charge on any atom is 0.159 e. The van der Waals surface area contributed by atoms with E-state index in [2.05, 4.69) is 18.7 Å². The first-order valence-corrected chi connectivity index (χ1v) is 7.90. The molecule has 21 heavy (non-hydrogen) atoms. The van der Waals surface area contributed by atoms with E-state index in [1.165, 1.54) is 6.07 Å². The molecule has 0 aromatic heterocycles. The molecule has 1 fully saturated rings. The Kier molecular flexibility index (Phi) is 5.33. The third-order valence-electron chi connectivity index (χ3n) is 4.90. The summed E-state index contributed by atoms with van der Waals surface area (Å²) in [7, 11) is 0. The van der Waals surface area contributed by atoms with Gasteiger partial charge in [0, 0.05) is 12.0 Å².